The van der Waals surface area contributed by atoms with Gasteiger partial charge in [0.2, 0.25) is 5.91 Å². The summed E-state index contributed by atoms with van der Waals surface area (Å²) in [5, 5.41) is 3.02. The predicted molar refractivity (Wildman–Crippen MR) is 90.8 cm³/mol. The van der Waals surface area contributed by atoms with Crippen LogP contribution in [0.1, 0.15) is 41.0 Å². The minimum Gasteiger partial charge on any atom is -0.444 e. The molecule has 138 valence electrons. The number of piperazine rings is 1. The maximum absolute atomic E-state index is 12.7. The number of nitrogens with one attached hydrogen (secondary N) is 1. The van der Waals surface area contributed by atoms with Gasteiger partial charge >= 0.3 is 6.09 Å². The summed E-state index contributed by atoms with van der Waals surface area (Å²) in [7, 11) is 0. The van der Waals surface area contributed by atoms with Gasteiger partial charge in [-0.3, -0.25) is 9.69 Å². The molecule has 0 aromatic carbocycles. The molecule has 2 aliphatic rings. The summed E-state index contributed by atoms with van der Waals surface area (Å²) in [5.41, 5.74) is -1.10. The maximum atomic E-state index is 12.7. The zero-order valence-corrected chi connectivity index (χ0v) is 15.6. The number of ether oxygens (including phenoxy) is 2. The molecule has 24 heavy (non-hydrogen) atoms. The number of carbonyl (C=O) groups is 2. The fraction of sp³-hybridized carbons (Fsp3) is 0.882. The Morgan fingerprint density at radius 2 is 1.79 bits per heavy atom. The van der Waals surface area contributed by atoms with Crippen molar-refractivity contribution in [3.8, 4) is 0 Å². The van der Waals surface area contributed by atoms with E-state index in [1.165, 1.54) is 0 Å². The van der Waals surface area contributed by atoms with Gasteiger partial charge in [-0.2, -0.15) is 0 Å². The maximum Gasteiger partial charge on any atom is 0.410 e. The third-order valence-corrected chi connectivity index (χ3v) is 4.38. The molecule has 2 amide bonds. The number of nitrogens with zero attached hydrogens (tertiary/aromatic N) is 2. The summed E-state index contributed by atoms with van der Waals surface area (Å²) in [6.07, 6.45) is 0.406. The molecule has 2 saturated heterocycles. The van der Waals surface area contributed by atoms with Gasteiger partial charge in [0.1, 0.15) is 11.1 Å². The van der Waals surface area contributed by atoms with Crippen molar-refractivity contribution < 1.29 is 19.1 Å². The zero-order chi connectivity index (χ0) is 18.0. The first-order valence-electron chi connectivity index (χ1n) is 8.76. The highest BCUT2D eigenvalue weighted by Crippen LogP contribution is 2.28. The molecule has 0 bridgehead atoms. The number of hydrogen-bond donors (Lipinski definition) is 1. The lowest BCUT2D eigenvalue weighted by Gasteiger charge is -2.44. The van der Waals surface area contributed by atoms with E-state index >= 15 is 0 Å². The monoisotopic (exact) mass is 341 g/mol. The molecule has 0 saturated carbocycles. The van der Waals surface area contributed by atoms with Gasteiger partial charge in [-0.05, 0) is 34.6 Å². The van der Waals surface area contributed by atoms with Crippen molar-refractivity contribution in [3.63, 3.8) is 0 Å². The fourth-order valence-electron chi connectivity index (χ4n) is 3.17. The van der Waals surface area contributed by atoms with E-state index in [2.05, 4.69) is 10.2 Å². The quantitative estimate of drug-likeness (QED) is 0.836. The van der Waals surface area contributed by atoms with Crippen LogP contribution in [0.4, 0.5) is 4.79 Å². The summed E-state index contributed by atoms with van der Waals surface area (Å²) >= 11 is 0. The lowest BCUT2D eigenvalue weighted by Crippen LogP contribution is -2.65. The van der Waals surface area contributed by atoms with Gasteiger partial charge in [-0.15, -0.1) is 0 Å². The Labute approximate surface area is 144 Å². The third-order valence-electron chi connectivity index (χ3n) is 4.38. The molecule has 7 nitrogen and oxygen atoms in total. The molecule has 0 radical (unpaired) electrons. The molecule has 2 heterocycles. The topological polar surface area (TPSA) is 71.1 Å². The van der Waals surface area contributed by atoms with Gasteiger partial charge in [0.25, 0.3) is 0 Å². The molecule has 1 N–H and O–H groups in total. The van der Waals surface area contributed by atoms with Crippen LogP contribution in [0.15, 0.2) is 0 Å². The molecule has 2 aliphatic heterocycles. The minimum atomic E-state index is -0.607. The second-order valence-corrected chi connectivity index (χ2v) is 7.92. The second kappa shape index (κ2) is 7.27. The van der Waals surface area contributed by atoms with Crippen LogP contribution in [0.25, 0.3) is 0 Å². The fourth-order valence-corrected chi connectivity index (χ4v) is 3.17. The normalized spacial score (nSPS) is 25.8. The van der Waals surface area contributed by atoms with Gasteiger partial charge in [-0.1, -0.05) is 0 Å². The van der Waals surface area contributed by atoms with Gasteiger partial charge in [0.15, 0.2) is 0 Å². The molecule has 0 aliphatic carbocycles. The van der Waals surface area contributed by atoms with Crippen molar-refractivity contribution in [2.24, 2.45) is 0 Å². The number of amides is 2. The molecule has 0 aromatic heterocycles. The molecule has 1 atom stereocenters. The van der Waals surface area contributed by atoms with Crippen molar-refractivity contribution >= 4 is 12.0 Å². The van der Waals surface area contributed by atoms with E-state index in [0.717, 1.165) is 0 Å². The van der Waals surface area contributed by atoms with Crippen LogP contribution in [0, 0.1) is 0 Å². The lowest BCUT2D eigenvalue weighted by molar-refractivity contribution is -0.135. The smallest absolute Gasteiger partial charge is 0.410 e. The summed E-state index contributed by atoms with van der Waals surface area (Å²) in [6.45, 7) is 12.9. The van der Waals surface area contributed by atoms with Crippen molar-refractivity contribution in [1.29, 1.82) is 0 Å². The summed E-state index contributed by atoms with van der Waals surface area (Å²) in [5.74, 6) is 0.0284. The highest BCUT2D eigenvalue weighted by Gasteiger charge is 2.48. The average Bonchev–Trinajstić information content (AvgIpc) is 2.95. The standard InChI is InChI=1S/C17H31N3O4/c1-13(2)18-14(21)17(6-11-23-12-17)20-9-7-19(8-10-20)15(22)24-16(3,4)5/h13H,6-12H2,1-5H3,(H,18,21). The van der Waals surface area contributed by atoms with Crippen LogP contribution in [0.3, 0.4) is 0 Å². The molecule has 1 unspecified atom stereocenters. The third kappa shape index (κ3) is 4.39. The molecule has 0 spiro atoms. The molecule has 7 heteroatoms. The largest absolute Gasteiger partial charge is 0.444 e. The van der Waals surface area contributed by atoms with Gasteiger partial charge in [0.05, 0.1) is 6.61 Å². The van der Waals surface area contributed by atoms with E-state index in [0.29, 0.717) is 45.8 Å². The molecular weight excluding hydrogens is 310 g/mol. The molecule has 2 rings (SSSR count). The Bertz CT molecular complexity index is 459. The van der Waals surface area contributed by atoms with Crippen molar-refractivity contribution in [1.82, 2.24) is 15.1 Å². The Kier molecular flexibility index (Phi) is 5.75. The van der Waals surface area contributed by atoms with Crippen molar-refractivity contribution in [2.75, 3.05) is 39.4 Å². The SMILES string of the molecule is CC(C)NC(=O)C1(N2CCN(C(=O)OC(C)(C)C)CC2)CCOC1. The Balaban J connectivity index is 1.98. The summed E-state index contributed by atoms with van der Waals surface area (Å²) < 4.78 is 11.0. The average molecular weight is 341 g/mol. The van der Waals surface area contributed by atoms with Crippen LogP contribution in [0.2, 0.25) is 0 Å². The number of rotatable bonds is 3. The van der Waals surface area contributed by atoms with E-state index in [-0.39, 0.29) is 18.0 Å². The Morgan fingerprint density at radius 3 is 2.25 bits per heavy atom. The predicted octanol–water partition coefficient (Wildman–Crippen LogP) is 1.22. The lowest BCUT2D eigenvalue weighted by atomic mass is 9.93. The first kappa shape index (κ1) is 19.0. The highest BCUT2D eigenvalue weighted by molar-refractivity contribution is 5.87. The Morgan fingerprint density at radius 1 is 1.17 bits per heavy atom. The van der Waals surface area contributed by atoms with E-state index in [1.54, 1.807) is 4.90 Å². The van der Waals surface area contributed by atoms with Crippen molar-refractivity contribution in [2.45, 2.75) is 58.2 Å². The van der Waals surface area contributed by atoms with E-state index < -0.39 is 11.1 Å². The number of hydrogen-bond acceptors (Lipinski definition) is 5. The summed E-state index contributed by atoms with van der Waals surface area (Å²) in [4.78, 5) is 28.8. The Hall–Kier alpha value is -1.34. The van der Waals surface area contributed by atoms with Crippen LogP contribution in [-0.2, 0) is 14.3 Å². The molecule has 2 fully saturated rings. The van der Waals surface area contributed by atoms with Crippen LogP contribution in [0.5, 0.6) is 0 Å². The van der Waals surface area contributed by atoms with Gasteiger partial charge in [0, 0.05) is 45.2 Å². The zero-order valence-electron chi connectivity index (χ0n) is 15.6. The van der Waals surface area contributed by atoms with Crippen LogP contribution < -0.4 is 5.32 Å². The first-order valence-corrected chi connectivity index (χ1v) is 8.76. The van der Waals surface area contributed by atoms with Gasteiger partial charge < -0.3 is 19.7 Å². The second-order valence-electron chi connectivity index (χ2n) is 7.92. The van der Waals surface area contributed by atoms with E-state index in [1.807, 2.05) is 34.6 Å². The van der Waals surface area contributed by atoms with E-state index in [4.69, 9.17) is 9.47 Å². The van der Waals surface area contributed by atoms with Crippen LogP contribution in [-0.4, -0.2) is 78.4 Å². The first-order chi connectivity index (χ1) is 11.1. The number of carbonyl (C=O) groups excluding carboxylic acids is 2. The molecule has 0 aromatic rings. The molecular formula is C17H31N3O4. The summed E-state index contributed by atoms with van der Waals surface area (Å²) in [6, 6.07) is 0.0954. The van der Waals surface area contributed by atoms with Crippen LogP contribution >= 0.6 is 0 Å². The minimum absolute atomic E-state index is 0.0284. The van der Waals surface area contributed by atoms with E-state index in [9.17, 15) is 9.59 Å². The highest BCUT2D eigenvalue weighted by atomic mass is 16.6. The van der Waals surface area contributed by atoms with Crippen molar-refractivity contribution in [3.05, 3.63) is 0 Å². The van der Waals surface area contributed by atoms with Gasteiger partial charge in [-0.25, -0.2) is 4.79 Å².